The summed E-state index contributed by atoms with van der Waals surface area (Å²) in [7, 11) is 1.65. The van der Waals surface area contributed by atoms with E-state index in [0.717, 1.165) is 21.9 Å². The van der Waals surface area contributed by atoms with Crippen LogP contribution in [0.4, 0.5) is 5.69 Å². The van der Waals surface area contributed by atoms with Crippen LogP contribution in [-0.4, -0.2) is 19.3 Å². The standard InChI is InChI=1S/C17H19NO2S/c1-20-16-9-4-3-6-13(16)10-11-17(19)18-14-7-5-8-15(12-14)21-2/h3-9,12H,10-11H2,1-2H3,(H,18,19). The predicted octanol–water partition coefficient (Wildman–Crippen LogP) is 3.99. The monoisotopic (exact) mass is 301 g/mol. The first-order valence-electron chi connectivity index (χ1n) is 6.78. The first-order chi connectivity index (χ1) is 10.2. The molecule has 0 radical (unpaired) electrons. The maximum Gasteiger partial charge on any atom is 0.224 e. The van der Waals surface area contributed by atoms with Gasteiger partial charge < -0.3 is 10.1 Å². The van der Waals surface area contributed by atoms with E-state index in [0.29, 0.717) is 12.8 Å². The van der Waals surface area contributed by atoms with Gasteiger partial charge in [0.2, 0.25) is 5.91 Å². The topological polar surface area (TPSA) is 38.3 Å². The number of rotatable bonds is 6. The average molecular weight is 301 g/mol. The Labute approximate surface area is 129 Å². The fourth-order valence-corrected chi connectivity index (χ4v) is 2.54. The highest BCUT2D eigenvalue weighted by Gasteiger charge is 2.07. The molecule has 0 heterocycles. The summed E-state index contributed by atoms with van der Waals surface area (Å²) in [5.74, 6) is 0.842. The maximum absolute atomic E-state index is 12.0. The Morgan fingerprint density at radius 1 is 1.19 bits per heavy atom. The molecule has 21 heavy (non-hydrogen) atoms. The average Bonchev–Trinajstić information content (AvgIpc) is 2.53. The summed E-state index contributed by atoms with van der Waals surface area (Å²) in [6, 6.07) is 15.6. The Kier molecular flexibility index (Phi) is 5.69. The van der Waals surface area contributed by atoms with Gasteiger partial charge in [-0.15, -0.1) is 11.8 Å². The van der Waals surface area contributed by atoms with Gasteiger partial charge in [0.25, 0.3) is 0 Å². The number of ether oxygens (including phenoxy) is 1. The second-order valence-corrected chi connectivity index (χ2v) is 5.47. The van der Waals surface area contributed by atoms with Crippen LogP contribution < -0.4 is 10.1 Å². The van der Waals surface area contributed by atoms with Crippen molar-refractivity contribution in [3.63, 3.8) is 0 Å². The lowest BCUT2D eigenvalue weighted by Gasteiger charge is -2.09. The first-order valence-corrected chi connectivity index (χ1v) is 8.01. The predicted molar refractivity (Wildman–Crippen MR) is 88.2 cm³/mol. The highest BCUT2D eigenvalue weighted by atomic mass is 32.2. The van der Waals surface area contributed by atoms with Gasteiger partial charge in [-0.2, -0.15) is 0 Å². The molecule has 0 aliphatic carbocycles. The number of amides is 1. The molecule has 2 aromatic carbocycles. The van der Waals surface area contributed by atoms with Gasteiger partial charge in [-0.3, -0.25) is 4.79 Å². The van der Waals surface area contributed by atoms with Crippen molar-refractivity contribution in [3.8, 4) is 5.75 Å². The van der Waals surface area contributed by atoms with Gasteiger partial charge in [-0.25, -0.2) is 0 Å². The molecule has 0 aromatic heterocycles. The molecule has 1 amide bonds. The Bertz CT molecular complexity index is 613. The summed E-state index contributed by atoms with van der Waals surface area (Å²) in [5, 5.41) is 2.93. The highest BCUT2D eigenvalue weighted by molar-refractivity contribution is 7.98. The van der Waals surface area contributed by atoms with Crippen LogP contribution in [-0.2, 0) is 11.2 Å². The fourth-order valence-electron chi connectivity index (χ4n) is 2.08. The third-order valence-electron chi connectivity index (χ3n) is 3.17. The normalized spacial score (nSPS) is 10.2. The Balaban J connectivity index is 1.92. The molecule has 2 aromatic rings. The van der Waals surface area contributed by atoms with Crippen molar-refractivity contribution >= 4 is 23.4 Å². The lowest BCUT2D eigenvalue weighted by Crippen LogP contribution is -2.12. The minimum absolute atomic E-state index is 0.0131. The van der Waals surface area contributed by atoms with Crippen LogP contribution >= 0.6 is 11.8 Å². The van der Waals surface area contributed by atoms with E-state index in [9.17, 15) is 4.79 Å². The van der Waals surface area contributed by atoms with Crippen molar-refractivity contribution in [1.29, 1.82) is 0 Å². The quantitative estimate of drug-likeness (QED) is 0.820. The molecule has 0 atom stereocenters. The van der Waals surface area contributed by atoms with Crippen LogP contribution in [0, 0.1) is 0 Å². The summed E-state index contributed by atoms with van der Waals surface area (Å²) >= 11 is 1.66. The SMILES string of the molecule is COc1ccccc1CCC(=O)Nc1cccc(SC)c1. The van der Waals surface area contributed by atoms with Crippen LogP contribution in [0.15, 0.2) is 53.4 Å². The lowest BCUT2D eigenvalue weighted by molar-refractivity contribution is -0.116. The molecule has 3 nitrogen and oxygen atoms in total. The smallest absolute Gasteiger partial charge is 0.224 e. The number of methoxy groups -OCH3 is 1. The number of aryl methyl sites for hydroxylation is 1. The van der Waals surface area contributed by atoms with Crippen LogP contribution in [0.1, 0.15) is 12.0 Å². The molecule has 0 aliphatic heterocycles. The zero-order valence-electron chi connectivity index (χ0n) is 12.3. The molecule has 110 valence electrons. The number of carbonyl (C=O) groups excluding carboxylic acids is 1. The van der Waals surface area contributed by atoms with E-state index in [-0.39, 0.29) is 5.91 Å². The van der Waals surface area contributed by atoms with E-state index in [2.05, 4.69) is 5.32 Å². The Morgan fingerprint density at radius 2 is 2.00 bits per heavy atom. The van der Waals surface area contributed by atoms with Gasteiger partial charge in [-0.05, 0) is 42.5 Å². The third kappa shape index (κ3) is 4.53. The van der Waals surface area contributed by atoms with Crippen LogP contribution in [0.3, 0.4) is 0 Å². The first kappa shape index (κ1) is 15.4. The van der Waals surface area contributed by atoms with Gasteiger partial charge >= 0.3 is 0 Å². The third-order valence-corrected chi connectivity index (χ3v) is 3.89. The zero-order valence-corrected chi connectivity index (χ0v) is 13.1. The Hall–Kier alpha value is -1.94. The molecule has 4 heteroatoms. The maximum atomic E-state index is 12.0. The summed E-state index contributed by atoms with van der Waals surface area (Å²) < 4.78 is 5.29. The summed E-state index contributed by atoms with van der Waals surface area (Å²) in [4.78, 5) is 13.2. The van der Waals surface area contributed by atoms with Crippen LogP contribution in [0.25, 0.3) is 0 Å². The van der Waals surface area contributed by atoms with Crippen molar-refractivity contribution < 1.29 is 9.53 Å². The fraction of sp³-hybridized carbons (Fsp3) is 0.235. The highest BCUT2D eigenvalue weighted by Crippen LogP contribution is 2.21. The van der Waals surface area contributed by atoms with Gasteiger partial charge in [0, 0.05) is 17.0 Å². The summed E-state index contributed by atoms with van der Waals surface area (Å²) in [6.07, 6.45) is 3.12. The van der Waals surface area contributed by atoms with Gasteiger partial charge in [0.1, 0.15) is 5.75 Å². The Morgan fingerprint density at radius 3 is 2.76 bits per heavy atom. The number of benzene rings is 2. The number of hydrogen-bond acceptors (Lipinski definition) is 3. The molecule has 0 spiro atoms. The minimum atomic E-state index is 0.0131. The van der Waals surface area contributed by atoms with Crippen molar-refractivity contribution in [2.45, 2.75) is 17.7 Å². The van der Waals surface area contributed by atoms with E-state index >= 15 is 0 Å². The molecule has 0 saturated heterocycles. The van der Waals surface area contributed by atoms with E-state index in [4.69, 9.17) is 4.74 Å². The van der Waals surface area contributed by atoms with Crippen molar-refractivity contribution in [2.75, 3.05) is 18.7 Å². The van der Waals surface area contributed by atoms with Crippen molar-refractivity contribution in [2.24, 2.45) is 0 Å². The lowest BCUT2D eigenvalue weighted by atomic mass is 10.1. The molecule has 0 bridgehead atoms. The summed E-state index contributed by atoms with van der Waals surface area (Å²) in [6.45, 7) is 0. The van der Waals surface area contributed by atoms with Gasteiger partial charge in [0.15, 0.2) is 0 Å². The molecule has 1 N–H and O–H groups in total. The van der Waals surface area contributed by atoms with E-state index in [1.165, 1.54) is 0 Å². The minimum Gasteiger partial charge on any atom is -0.496 e. The van der Waals surface area contributed by atoms with Gasteiger partial charge in [0.05, 0.1) is 7.11 Å². The second-order valence-electron chi connectivity index (χ2n) is 4.59. The molecular weight excluding hydrogens is 282 g/mol. The number of para-hydroxylation sites is 1. The molecule has 2 rings (SSSR count). The number of hydrogen-bond donors (Lipinski definition) is 1. The summed E-state index contributed by atoms with van der Waals surface area (Å²) in [5.41, 5.74) is 1.89. The molecule has 0 fully saturated rings. The number of carbonyl (C=O) groups is 1. The van der Waals surface area contributed by atoms with Crippen LogP contribution in [0.5, 0.6) is 5.75 Å². The zero-order chi connectivity index (χ0) is 15.1. The van der Waals surface area contributed by atoms with E-state index < -0.39 is 0 Å². The van der Waals surface area contributed by atoms with Gasteiger partial charge in [-0.1, -0.05) is 24.3 Å². The van der Waals surface area contributed by atoms with Crippen molar-refractivity contribution in [1.82, 2.24) is 0 Å². The van der Waals surface area contributed by atoms with E-state index in [1.807, 2.05) is 54.8 Å². The number of nitrogens with one attached hydrogen (secondary N) is 1. The largest absolute Gasteiger partial charge is 0.496 e. The second kappa shape index (κ2) is 7.74. The number of thioether (sulfide) groups is 1. The van der Waals surface area contributed by atoms with E-state index in [1.54, 1.807) is 18.9 Å². The molecular formula is C17H19NO2S. The molecule has 0 aliphatic rings. The number of anilines is 1. The molecule has 0 unspecified atom stereocenters. The molecule has 0 saturated carbocycles. The van der Waals surface area contributed by atoms with Crippen molar-refractivity contribution in [3.05, 3.63) is 54.1 Å². The van der Waals surface area contributed by atoms with Crippen LogP contribution in [0.2, 0.25) is 0 Å².